The number of aliphatic hydroxyl groups is 1. The summed E-state index contributed by atoms with van der Waals surface area (Å²) >= 11 is 0. The molecule has 0 aliphatic heterocycles. The molecule has 1 aromatic rings. The Morgan fingerprint density at radius 3 is 2.88 bits per heavy atom. The molecule has 1 atom stereocenters. The molecule has 0 radical (unpaired) electrons. The van der Waals surface area contributed by atoms with Gasteiger partial charge in [0.2, 0.25) is 11.7 Å². The molecule has 6 nitrogen and oxygen atoms in total. The second-order valence-corrected chi connectivity index (χ2v) is 4.18. The molecule has 0 aromatic carbocycles. The molecule has 1 aromatic heterocycles. The van der Waals surface area contributed by atoms with Crippen LogP contribution in [-0.4, -0.2) is 28.0 Å². The van der Waals surface area contributed by atoms with Gasteiger partial charge in [-0.25, -0.2) is 0 Å². The molecular formula is C11H17N3O3. The third-order valence-corrected chi connectivity index (χ3v) is 2.25. The summed E-state index contributed by atoms with van der Waals surface area (Å²) in [5.74, 6) is 0.758. The summed E-state index contributed by atoms with van der Waals surface area (Å²) in [6.07, 6.45) is -0.543. The van der Waals surface area contributed by atoms with Crippen LogP contribution in [0.1, 0.15) is 38.9 Å². The van der Waals surface area contributed by atoms with E-state index in [4.69, 9.17) is 14.5 Å². The van der Waals surface area contributed by atoms with Crippen LogP contribution in [0.3, 0.4) is 0 Å². The smallest absolute Gasteiger partial charge is 0.229 e. The van der Waals surface area contributed by atoms with E-state index in [0.29, 0.717) is 18.3 Å². The number of hydrogen-bond acceptors (Lipinski definition) is 6. The van der Waals surface area contributed by atoms with Crippen molar-refractivity contribution in [2.75, 3.05) is 6.61 Å². The Balaban J connectivity index is 2.68. The summed E-state index contributed by atoms with van der Waals surface area (Å²) in [6, 6.07) is 1.88. The van der Waals surface area contributed by atoms with Gasteiger partial charge in [0, 0.05) is 6.61 Å². The molecule has 0 saturated carbocycles. The quantitative estimate of drug-likeness (QED) is 0.800. The lowest BCUT2D eigenvalue weighted by atomic mass is 10.1. The molecule has 1 unspecified atom stereocenters. The number of aliphatic hydroxyl groups excluding tert-OH is 1. The lowest BCUT2D eigenvalue weighted by Crippen LogP contribution is -2.23. The molecule has 0 aliphatic carbocycles. The van der Waals surface area contributed by atoms with Crippen molar-refractivity contribution in [3.8, 4) is 6.07 Å². The van der Waals surface area contributed by atoms with Gasteiger partial charge in [0.1, 0.15) is 5.60 Å². The van der Waals surface area contributed by atoms with Crippen molar-refractivity contribution in [3.63, 3.8) is 0 Å². The SMILES string of the molecule is CCOC(C)(C)c1noc(CC(O)CC#N)n1. The Morgan fingerprint density at radius 1 is 1.59 bits per heavy atom. The maximum Gasteiger partial charge on any atom is 0.229 e. The van der Waals surface area contributed by atoms with Gasteiger partial charge in [0.15, 0.2) is 0 Å². The number of rotatable bonds is 6. The van der Waals surface area contributed by atoms with E-state index in [9.17, 15) is 5.11 Å². The van der Waals surface area contributed by atoms with Gasteiger partial charge < -0.3 is 14.4 Å². The topological polar surface area (TPSA) is 92.2 Å². The van der Waals surface area contributed by atoms with Gasteiger partial charge in [-0.05, 0) is 20.8 Å². The van der Waals surface area contributed by atoms with E-state index in [1.54, 1.807) is 0 Å². The predicted molar refractivity (Wildman–Crippen MR) is 58.9 cm³/mol. The number of aromatic nitrogens is 2. The molecule has 1 rings (SSSR count). The number of hydrogen-bond donors (Lipinski definition) is 1. The summed E-state index contributed by atoms with van der Waals surface area (Å²) < 4.78 is 10.5. The molecule has 0 saturated heterocycles. The molecule has 0 aliphatic rings. The van der Waals surface area contributed by atoms with Crippen LogP contribution in [0.4, 0.5) is 0 Å². The molecule has 0 bridgehead atoms. The second kappa shape index (κ2) is 5.75. The first kappa shape index (κ1) is 13.6. The molecule has 0 spiro atoms. The van der Waals surface area contributed by atoms with Crippen LogP contribution in [0, 0.1) is 11.3 Å². The largest absolute Gasteiger partial charge is 0.392 e. The minimum Gasteiger partial charge on any atom is -0.392 e. The van der Waals surface area contributed by atoms with Crippen LogP contribution in [0.2, 0.25) is 0 Å². The molecule has 1 heterocycles. The van der Waals surface area contributed by atoms with Crippen LogP contribution in [0.25, 0.3) is 0 Å². The Hall–Kier alpha value is -1.45. The monoisotopic (exact) mass is 239 g/mol. The summed E-state index contributed by atoms with van der Waals surface area (Å²) in [6.45, 7) is 6.13. The van der Waals surface area contributed by atoms with Crippen molar-refractivity contribution in [3.05, 3.63) is 11.7 Å². The van der Waals surface area contributed by atoms with Crippen molar-refractivity contribution >= 4 is 0 Å². The predicted octanol–water partition coefficient (Wildman–Crippen LogP) is 1.16. The van der Waals surface area contributed by atoms with E-state index in [2.05, 4.69) is 10.1 Å². The van der Waals surface area contributed by atoms with Crippen molar-refractivity contribution < 1.29 is 14.4 Å². The molecule has 0 amide bonds. The van der Waals surface area contributed by atoms with Crippen molar-refractivity contribution in [2.24, 2.45) is 0 Å². The minimum absolute atomic E-state index is 0.0482. The Morgan fingerprint density at radius 2 is 2.29 bits per heavy atom. The van der Waals surface area contributed by atoms with Crippen LogP contribution >= 0.6 is 0 Å². The zero-order valence-electron chi connectivity index (χ0n) is 10.3. The lowest BCUT2D eigenvalue weighted by molar-refractivity contribution is -0.0221. The van der Waals surface area contributed by atoms with Gasteiger partial charge in [-0.15, -0.1) is 0 Å². The summed E-state index contributed by atoms with van der Waals surface area (Å²) in [4.78, 5) is 4.15. The highest BCUT2D eigenvalue weighted by Crippen LogP contribution is 2.21. The van der Waals surface area contributed by atoms with Crippen molar-refractivity contribution in [2.45, 2.75) is 45.3 Å². The van der Waals surface area contributed by atoms with E-state index >= 15 is 0 Å². The Kier molecular flexibility index (Phi) is 4.61. The average molecular weight is 239 g/mol. The summed E-state index contributed by atoms with van der Waals surface area (Å²) in [5.41, 5.74) is -0.614. The fraction of sp³-hybridized carbons (Fsp3) is 0.727. The Bertz CT molecular complexity index is 395. The standard InChI is InChI=1S/C11H17N3O3/c1-4-16-11(2,3)10-13-9(17-14-10)7-8(15)5-6-12/h8,15H,4-5,7H2,1-3H3. The molecule has 6 heteroatoms. The van der Waals surface area contributed by atoms with Gasteiger partial charge >= 0.3 is 0 Å². The number of ether oxygens (including phenoxy) is 1. The fourth-order valence-corrected chi connectivity index (χ4v) is 1.39. The van der Waals surface area contributed by atoms with E-state index in [1.807, 2.05) is 26.8 Å². The molecule has 17 heavy (non-hydrogen) atoms. The van der Waals surface area contributed by atoms with Crippen LogP contribution in [0.5, 0.6) is 0 Å². The first-order valence-corrected chi connectivity index (χ1v) is 5.51. The third-order valence-electron chi connectivity index (χ3n) is 2.25. The minimum atomic E-state index is -0.775. The first-order valence-electron chi connectivity index (χ1n) is 5.51. The van der Waals surface area contributed by atoms with E-state index in [0.717, 1.165) is 0 Å². The van der Waals surface area contributed by atoms with Crippen LogP contribution < -0.4 is 0 Å². The van der Waals surface area contributed by atoms with Gasteiger partial charge in [-0.1, -0.05) is 5.16 Å². The molecular weight excluding hydrogens is 222 g/mol. The average Bonchev–Trinajstić information content (AvgIpc) is 2.67. The molecule has 0 fully saturated rings. The van der Waals surface area contributed by atoms with E-state index < -0.39 is 11.7 Å². The maximum absolute atomic E-state index is 9.44. The third kappa shape index (κ3) is 3.80. The highest BCUT2D eigenvalue weighted by atomic mass is 16.5. The zero-order chi connectivity index (χ0) is 12.9. The highest BCUT2D eigenvalue weighted by Gasteiger charge is 2.27. The normalized spacial score (nSPS) is 13.4. The van der Waals surface area contributed by atoms with Gasteiger partial charge in [0.05, 0.1) is 25.0 Å². The van der Waals surface area contributed by atoms with Crippen LogP contribution in [0.15, 0.2) is 4.52 Å². The van der Waals surface area contributed by atoms with Gasteiger partial charge in [-0.2, -0.15) is 10.2 Å². The van der Waals surface area contributed by atoms with Crippen molar-refractivity contribution in [1.29, 1.82) is 5.26 Å². The van der Waals surface area contributed by atoms with Gasteiger partial charge in [0.25, 0.3) is 0 Å². The Labute approximate surface area is 100 Å². The second-order valence-electron chi connectivity index (χ2n) is 4.18. The maximum atomic E-state index is 9.44. The van der Waals surface area contributed by atoms with E-state index in [-0.39, 0.29) is 12.8 Å². The summed E-state index contributed by atoms with van der Waals surface area (Å²) in [7, 11) is 0. The molecule has 1 N–H and O–H groups in total. The van der Waals surface area contributed by atoms with Crippen LogP contribution in [-0.2, 0) is 16.8 Å². The van der Waals surface area contributed by atoms with E-state index in [1.165, 1.54) is 0 Å². The zero-order valence-corrected chi connectivity index (χ0v) is 10.3. The summed E-state index contributed by atoms with van der Waals surface area (Å²) in [5, 5.41) is 21.7. The first-order chi connectivity index (χ1) is 7.99. The number of nitrogens with zero attached hydrogens (tertiary/aromatic N) is 3. The van der Waals surface area contributed by atoms with Crippen molar-refractivity contribution in [1.82, 2.24) is 10.1 Å². The molecule has 94 valence electrons. The lowest BCUT2D eigenvalue weighted by Gasteiger charge is -2.19. The number of nitriles is 1. The fourth-order valence-electron chi connectivity index (χ4n) is 1.39. The highest BCUT2D eigenvalue weighted by molar-refractivity contribution is 4.98. The van der Waals surface area contributed by atoms with Gasteiger partial charge in [-0.3, -0.25) is 0 Å².